The number of aromatic nitrogens is 1. The van der Waals surface area contributed by atoms with Crippen LogP contribution < -0.4 is 0 Å². The van der Waals surface area contributed by atoms with E-state index in [1.165, 1.54) is 6.07 Å². The molecule has 1 aromatic carbocycles. The summed E-state index contributed by atoms with van der Waals surface area (Å²) in [6, 6.07) is 4.60. The second kappa shape index (κ2) is 2.96. The summed E-state index contributed by atoms with van der Waals surface area (Å²) in [5.41, 5.74) is 1.20. The zero-order valence-electron chi connectivity index (χ0n) is 6.47. The third-order valence-corrected chi connectivity index (χ3v) is 2.42. The van der Waals surface area contributed by atoms with E-state index in [0.717, 1.165) is 5.52 Å². The fourth-order valence-electron chi connectivity index (χ4n) is 1.21. The fourth-order valence-corrected chi connectivity index (χ4v) is 1.56. The summed E-state index contributed by atoms with van der Waals surface area (Å²) in [6.45, 7) is 0. The lowest BCUT2D eigenvalue weighted by molar-refractivity contribution is 0.112. The Bertz CT molecular complexity index is 439. The number of hydrogen-bond acceptors (Lipinski definition) is 1. The standard InChI is InChI=1S/C9H5BrFNO/c10-7-3-9-5(2-8(7)11)1-6(4-13)12-9/h1-4,12H. The van der Waals surface area contributed by atoms with Crippen molar-refractivity contribution < 1.29 is 9.18 Å². The third kappa shape index (κ3) is 1.37. The maximum absolute atomic E-state index is 13.0. The van der Waals surface area contributed by atoms with Gasteiger partial charge in [0.15, 0.2) is 6.29 Å². The van der Waals surface area contributed by atoms with Gasteiger partial charge >= 0.3 is 0 Å². The van der Waals surface area contributed by atoms with Crippen LogP contribution in [-0.4, -0.2) is 11.3 Å². The number of benzene rings is 1. The molecule has 0 aliphatic carbocycles. The maximum atomic E-state index is 13.0. The number of hydrogen-bond donors (Lipinski definition) is 1. The van der Waals surface area contributed by atoms with Crippen molar-refractivity contribution in [3.8, 4) is 0 Å². The van der Waals surface area contributed by atoms with E-state index in [1.807, 2.05) is 0 Å². The normalized spacial score (nSPS) is 10.6. The van der Waals surface area contributed by atoms with Gasteiger partial charge < -0.3 is 4.98 Å². The van der Waals surface area contributed by atoms with Crippen LogP contribution in [0.2, 0.25) is 0 Å². The molecule has 0 bridgehead atoms. The number of aromatic amines is 1. The summed E-state index contributed by atoms with van der Waals surface area (Å²) in [6.07, 6.45) is 0.700. The highest BCUT2D eigenvalue weighted by molar-refractivity contribution is 9.10. The van der Waals surface area contributed by atoms with Crippen LogP contribution in [0.4, 0.5) is 4.39 Å². The summed E-state index contributed by atoms with van der Waals surface area (Å²) in [5.74, 6) is -0.330. The number of carbonyl (C=O) groups excluding carboxylic acids is 1. The molecule has 0 aliphatic rings. The number of halogens is 2. The van der Waals surface area contributed by atoms with Gasteiger partial charge in [0.1, 0.15) is 5.82 Å². The highest BCUT2D eigenvalue weighted by Crippen LogP contribution is 2.23. The van der Waals surface area contributed by atoms with E-state index in [1.54, 1.807) is 12.1 Å². The largest absolute Gasteiger partial charge is 0.352 e. The van der Waals surface area contributed by atoms with Crippen molar-refractivity contribution in [1.29, 1.82) is 0 Å². The Morgan fingerprint density at radius 3 is 2.85 bits per heavy atom. The Morgan fingerprint density at radius 2 is 2.15 bits per heavy atom. The summed E-state index contributed by atoms with van der Waals surface area (Å²) in [7, 11) is 0. The average molecular weight is 242 g/mol. The molecule has 66 valence electrons. The van der Waals surface area contributed by atoms with Crippen molar-refractivity contribution >= 4 is 33.1 Å². The number of H-pyrrole nitrogens is 1. The quantitative estimate of drug-likeness (QED) is 0.766. The molecule has 0 aliphatic heterocycles. The number of nitrogens with one attached hydrogen (secondary N) is 1. The van der Waals surface area contributed by atoms with E-state index in [4.69, 9.17) is 0 Å². The Balaban J connectivity index is 2.77. The minimum atomic E-state index is -0.330. The van der Waals surface area contributed by atoms with Gasteiger partial charge in [-0.15, -0.1) is 0 Å². The van der Waals surface area contributed by atoms with Gasteiger partial charge in [0.05, 0.1) is 10.2 Å². The van der Waals surface area contributed by atoms with Gasteiger partial charge in [0.25, 0.3) is 0 Å². The van der Waals surface area contributed by atoms with Crippen molar-refractivity contribution in [2.45, 2.75) is 0 Å². The van der Waals surface area contributed by atoms with Crippen LogP contribution in [0.1, 0.15) is 10.5 Å². The summed E-state index contributed by atoms with van der Waals surface area (Å²) >= 11 is 3.06. The SMILES string of the molecule is O=Cc1cc2cc(F)c(Br)cc2[nH]1. The minimum absolute atomic E-state index is 0.330. The first-order valence-corrected chi connectivity index (χ1v) is 4.43. The molecule has 1 N–H and O–H groups in total. The summed E-state index contributed by atoms with van der Waals surface area (Å²) in [4.78, 5) is 13.3. The molecule has 1 heterocycles. The van der Waals surface area contributed by atoms with Crippen LogP contribution in [-0.2, 0) is 0 Å². The predicted octanol–water partition coefficient (Wildman–Crippen LogP) is 2.88. The van der Waals surface area contributed by atoms with Gasteiger partial charge in [0.2, 0.25) is 0 Å². The molecule has 0 unspecified atom stereocenters. The summed E-state index contributed by atoms with van der Waals surface area (Å²) in [5, 5.41) is 0.697. The second-order valence-corrected chi connectivity index (χ2v) is 3.55. The molecule has 0 spiro atoms. The number of carbonyl (C=O) groups is 1. The number of rotatable bonds is 1. The molecular formula is C9H5BrFNO. The molecule has 0 saturated heterocycles. The molecular weight excluding hydrogens is 237 g/mol. The molecule has 2 nitrogen and oxygen atoms in total. The third-order valence-electron chi connectivity index (χ3n) is 1.81. The van der Waals surface area contributed by atoms with E-state index in [-0.39, 0.29) is 5.82 Å². The van der Waals surface area contributed by atoms with Crippen LogP contribution in [0.5, 0.6) is 0 Å². The Morgan fingerprint density at radius 1 is 1.38 bits per heavy atom. The van der Waals surface area contributed by atoms with Gasteiger partial charge in [-0.05, 0) is 34.1 Å². The summed E-state index contributed by atoms with van der Waals surface area (Å²) < 4.78 is 13.4. The van der Waals surface area contributed by atoms with Crippen LogP contribution in [0, 0.1) is 5.82 Å². The lowest BCUT2D eigenvalue weighted by Gasteiger charge is -1.93. The molecule has 1 aromatic heterocycles. The number of aldehydes is 1. The Kier molecular flexibility index (Phi) is 1.92. The van der Waals surface area contributed by atoms with Gasteiger partial charge in [0, 0.05) is 10.9 Å². The van der Waals surface area contributed by atoms with Gasteiger partial charge in [-0.2, -0.15) is 0 Å². The molecule has 2 aromatic rings. The van der Waals surface area contributed by atoms with Crippen molar-refractivity contribution in [1.82, 2.24) is 4.98 Å². The molecule has 0 saturated carbocycles. The fraction of sp³-hybridized carbons (Fsp3) is 0. The topological polar surface area (TPSA) is 32.9 Å². The minimum Gasteiger partial charge on any atom is -0.352 e. The van der Waals surface area contributed by atoms with Crippen molar-refractivity contribution in [3.63, 3.8) is 0 Å². The van der Waals surface area contributed by atoms with Crippen LogP contribution in [0.25, 0.3) is 10.9 Å². The lowest BCUT2D eigenvalue weighted by Crippen LogP contribution is -1.77. The Hall–Kier alpha value is -1.16. The molecule has 4 heteroatoms. The predicted molar refractivity (Wildman–Crippen MR) is 51.3 cm³/mol. The maximum Gasteiger partial charge on any atom is 0.166 e. The van der Waals surface area contributed by atoms with Crippen LogP contribution in [0.3, 0.4) is 0 Å². The first kappa shape index (κ1) is 8.44. The Labute approximate surface area is 81.9 Å². The van der Waals surface area contributed by atoms with Gasteiger partial charge in [-0.3, -0.25) is 4.79 Å². The van der Waals surface area contributed by atoms with Gasteiger partial charge in [-0.25, -0.2) is 4.39 Å². The van der Waals surface area contributed by atoms with E-state index in [2.05, 4.69) is 20.9 Å². The van der Waals surface area contributed by atoms with E-state index >= 15 is 0 Å². The molecule has 2 rings (SSSR count). The van der Waals surface area contributed by atoms with E-state index < -0.39 is 0 Å². The highest BCUT2D eigenvalue weighted by Gasteiger charge is 2.04. The van der Waals surface area contributed by atoms with Gasteiger partial charge in [-0.1, -0.05) is 0 Å². The zero-order valence-corrected chi connectivity index (χ0v) is 8.06. The number of fused-ring (bicyclic) bond motifs is 1. The molecule has 0 amide bonds. The lowest BCUT2D eigenvalue weighted by atomic mass is 10.2. The van der Waals surface area contributed by atoms with Crippen molar-refractivity contribution in [2.75, 3.05) is 0 Å². The zero-order chi connectivity index (χ0) is 9.42. The van der Waals surface area contributed by atoms with Crippen LogP contribution >= 0.6 is 15.9 Å². The average Bonchev–Trinajstić information content (AvgIpc) is 2.48. The highest BCUT2D eigenvalue weighted by atomic mass is 79.9. The molecule has 0 radical (unpaired) electrons. The van der Waals surface area contributed by atoms with E-state index in [0.29, 0.717) is 21.8 Å². The molecule has 0 atom stereocenters. The van der Waals surface area contributed by atoms with Crippen LogP contribution in [0.15, 0.2) is 22.7 Å². The van der Waals surface area contributed by atoms with E-state index in [9.17, 15) is 9.18 Å². The first-order chi connectivity index (χ1) is 6.20. The van der Waals surface area contributed by atoms with Crippen molar-refractivity contribution in [2.24, 2.45) is 0 Å². The smallest absolute Gasteiger partial charge is 0.166 e. The first-order valence-electron chi connectivity index (χ1n) is 3.63. The monoisotopic (exact) mass is 241 g/mol. The second-order valence-electron chi connectivity index (χ2n) is 2.70. The molecule has 0 fully saturated rings. The molecule has 13 heavy (non-hydrogen) atoms. The van der Waals surface area contributed by atoms with Crippen molar-refractivity contribution in [3.05, 3.63) is 34.2 Å².